The zero-order chi connectivity index (χ0) is 15.6. The van der Waals surface area contributed by atoms with E-state index in [1.54, 1.807) is 12.1 Å². The number of hydrogen-bond acceptors (Lipinski definition) is 5. The molecule has 0 bridgehead atoms. The van der Waals surface area contributed by atoms with Crippen LogP contribution in [-0.2, 0) is 10.1 Å². The van der Waals surface area contributed by atoms with E-state index in [2.05, 4.69) is 15.9 Å². The van der Waals surface area contributed by atoms with Crippen molar-refractivity contribution in [3.8, 4) is 5.75 Å². The first kappa shape index (κ1) is 15.5. The molecule has 0 N–H and O–H groups in total. The van der Waals surface area contributed by atoms with Crippen molar-refractivity contribution in [3.05, 3.63) is 62.6 Å². The predicted molar refractivity (Wildman–Crippen MR) is 79.8 cm³/mol. The lowest BCUT2D eigenvalue weighted by molar-refractivity contribution is -0.385. The topological polar surface area (TPSA) is 86.5 Å². The normalized spacial score (nSPS) is 11.1. The molecule has 0 radical (unpaired) electrons. The maximum absolute atomic E-state index is 12.1. The summed E-state index contributed by atoms with van der Waals surface area (Å²) >= 11 is 3.12. The quantitative estimate of drug-likeness (QED) is 0.466. The van der Waals surface area contributed by atoms with Gasteiger partial charge < -0.3 is 4.18 Å². The molecule has 8 heteroatoms. The molecule has 0 fully saturated rings. The third-order valence-corrected chi connectivity index (χ3v) is 4.37. The number of nitrogens with zero attached hydrogens (tertiary/aromatic N) is 1. The Kier molecular flexibility index (Phi) is 4.29. The fourth-order valence-electron chi connectivity index (χ4n) is 1.58. The molecule has 2 aromatic carbocycles. The molecule has 0 amide bonds. The number of hydrogen-bond donors (Lipinski definition) is 0. The average Bonchev–Trinajstić information content (AvgIpc) is 2.38. The van der Waals surface area contributed by atoms with Gasteiger partial charge in [0.2, 0.25) is 5.75 Å². The highest BCUT2D eigenvalue weighted by atomic mass is 79.9. The van der Waals surface area contributed by atoms with Gasteiger partial charge in [-0.25, -0.2) is 0 Å². The van der Waals surface area contributed by atoms with E-state index in [1.807, 2.05) is 6.92 Å². The Hall–Kier alpha value is -1.93. The Morgan fingerprint density at radius 1 is 1.14 bits per heavy atom. The van der Waals surface area contributed by atoms with Crippen molar-refractivity contribution in [2.45, 2.75) is 11.8 Å². The van der Waals surface area contributed by atoms with E-state index < -0.39 is 20.7 Å². The monoisotopic (exact) mass is 371 g/mol. The molecule has 0 aliphatic rings. The summed E-state index contributed by atoms with van der Waals surface area (Å²) in [5, 5.41) is 10.9. The molecule has 6 nitrogen and oxygen atoms in total. The molecule has 21 heavy (non-hydrogen) atoms. The van der Waals surface area contributed by atoms with Crippen LogP contribution < -0.4 is 4.18 Å². The number of aryl methyl sites for hydroxylation is 1. The number of nitro benzene ring substituents is 1. The number of rotatable bonds is 4. The maximum atomic E-state index is 12.1. The molecule has 0 saturated heterocycles. The first-order valence-corrected chi connectivity index (χ1v) is 7.95. The Balaban J connectivity index is 2.43. The Bertz CT molecular complexity index is 787. The highest BCUT2D eigenvalue weighted by Crippen LogP contribution is 2.32. The summed E-state index contributed by atoms with van der Waals surface area (Å²) in [5.41, 5.74) is 0.469. The van der Waals surface area contributed by atoms with E-state index >= 15 is 0 Å². The van der Waals surface area contributed by atoms with E-state index in [0.29, 0.717) is 4.47 Å². The van der Waals surface area contributed by atoms with Crippen LogP contribution in [0.15, 0.2) is 51.8 Å². The lowest BCUT2D eigenvalue weighted by Gasteiger charge is -2.08. The van der Waals surface area contributed by atoms with Crippen molar-refractivity contribution in [1.82, 2.24) is 0 Å². The minimum atomic E-state index is -4.13. The molecule has 0 spiro atoms. The van der Waals surface area contributed by atoms with Crippen LogP contribution in [-0.4, -0.2) is 13.3 Å². The zero-order valence-electron chi connectivity index (χ0n) is 10.8. The molecule has 2 aromatic rings. The molecule has 0 aromatic heterocycles. The van der Waals surface area contributed by atoms with Gasteiger partial charge in [0, 0.05) is 16.6 Å². The fraction of sp³-hybridized carbons (Fsp3) is 0.0769. The summed E-state index contributed by atoms with van der Waals surface area (Å²) in [6.45, 7) is 1.82. The van der Waals surface area contributed by atoms with Gasteiger partial charge in [0.05, 0.1) is 4.92 Å². The van der Waals surface area contributed by atoms with Crippen LogP contribution in [0, 0.1) is 17.0 Å². The fourth-order valence-corrected chi connectivity index (χ4v) is 2.85. The summed E-state index contributed by atoms with van der Waals surface area (Å²) in [5.74, 6) is -0.338. The van der Waals surface area contributed by atoms with Crippen LogP contribution in [0.1, 0.15) is 5.56 Å². The minimum Gasteiger partial charge on any atom is -0.372 e. The molecule has 0 heterocycles. The van der Waals surface area contributed by atoms with Crippen molar-refractivity contribution >= 4 is 31.7 Å². The van der Waals surface area contributed by atoms with Crippen LogP contribution >= 0.6 is 15.9 Å². The van der Waals surface area contributed by atoms with Crippen LogP contribution in [0.25, 0.3) is 0 Å². The number of nitro groups is 1. The standard InChI is InChI=1S/C13H10BrNO5S/c1-9-2-5-11(6-3-9)21(18,19)20-13-8-10(14)4-7-12(13)15(16)17/h2-8H,1H3. The van der Waals surface area contributed by atoms with Crippen LogP contribution in [0.3, 0.4) is 0 Å². The van der Waals surface area contributed by atoms with Gasteiger partial charge in [0.15, 0.2) is 0 Å². The predicted octanol–water partition coefficient (Wildman–Crippen LogP) is 3.43. The zero-order valence-corrected chi connectivity index (χ0v) is 13.2. The molecule has 0 unspecified atom stereocenters. The molecular weight excluding hydrogens is 362 g/mol. The van der Waals surface area contributed by atoms with Gasteiger partial charge in [-0.1, -0.05) is 33.6 Å². The van der Waals surface area contributed by atoms with Gasteiger partial charge in [0.25, 0.3) is 0 Å². The Labute approximate surface area is 129 Å². The Morgan fingerprint density at radius 3 is 2.33 bits per heavy atom. The second kappa shape index (κ2) is 5.82. The lowest BCUT2D eigenvalue weighted by atomic mass is 10.2. The third-order valence-electron chi connectivity index (χ3n) is 2.63. The highest BCUT2D eigenvalue weighted by Gasteiger charge is 2.23. The molecule has 0 aliphatic carbocycles. The lowest BCUT2D eigenvalue weighted by Crippen LogP contribution is -2.10. The summed E-state index contributed by atoms with van der Waals surface area (Å²) in [4.78, 5) is 10.1. The minimum absolute atomic E-state index is 0.0672. The van der Waals surface area contributed by atoms with Crippen molar-refractivity contribution < 1.29 is 17.5 Å². The number of benzene rings is 2. The Morgan fingerprint density at radius 2 is 1.76 bits per heavy atom. The van der Waals surface area contributed by atoms with E-state index in [0.717, 1.165) is 5.56 Å². The van der Waals surface area contributed by atoms with E-state index in [-0.39, 0.29) is 10.6 Å². The second-order valence-corrected chi connectivity index (χ2v) is 6.68. The van der Waals surface area contributed by atoms with Crippen LogP contribution in [0.4, 0.5) is 5.69 Å². The molecule has 0 atom stereocenters. The third kappa shape index (κ3) is 3.59. The van der Waals surface area contributed by atoms with Gasteiger partial charge in [-0.15, -0.1) is 0 Å². The molecular formula is C13H10BrNO5S. The maximum Gasteiger partial charge on any atom is 0.339 e. The molecule has 0 aliphatic heterocycles. The van der Waals surface area contributed by atoms with Crippen molar-refractivity contribution in [2.75, 3.05) is 0 Å². The first-order chi connectivity index (χ1) is 9.79. The van der Waals surface area contributed by atoms with Crippen molar-refractivity contribution in [2.24, 2.45) is 0 Å². The summed E-state index contributed by atoms with van der Waals surface area (Å²) in [6, 6.07) is 9.84. The SMILES string of the molecule is Cc1ccc(S(=O)(=O)Oc2cc(Br)ccc2[N+](=O)[O-])cc1. The summed E-state index contributed by atoms with van der Waals surface area (Å²) in [7, 11) is -4.13. The van der Waals surface area contributed by atoms with Gasteiger partial charge >= 0.3 is 15.8 Å². The van der Waals surface area contributed by atoms with Gasteiger partial charge in [-0.3, -0.25) is 10.1 Å². The van der Waals surface area contributed by atoms with E-state index in [1.165, 1.54) is 30.3 Å². The molecule has 2 rings (SSSR count). The average molecular weight is 372 g/mol. The van der Waals surface area contributed by atoms with E-state index in [9.17, 15) is 18.5 Å². The smallest absolute Gasteiger partial charge is 0.339 e. The highest BCUT2D eigenvalue weighted by molar-refractivity contribution is 9.10. The van der Waals surface area contributed by atoms with Crippen LogP contribution in [0.2, 0.25) is 0 Å². The van der Waals surface area contributed by atoms with Gasteiger partial charge in [-0.2, -0.15) is 8.42 Å². The van der Waals surface area contributed by atoms with Gasteiger partial charge in [-0.05, 0) is 25.1 Å². The van der Waals surface area contributed by atoms with E-state index in [4.69, 9.17) is 4.18 Å². The van der Waals surface area contributed by atoms with Gasteiger partial charge in [0.1, 0.15) is 4.90 Å². The first-order valence-electron chi connectivity index (χ1n) is 5.75. The van der Waals surface area contributed by atoms with Crippen molar-refractivity contribution in [3.63, 3.8) is 0 Å². The van der Waals surface area contributed by atoms with Crippen LogP contribution in [0.5, 0.6) is 5.75 Å². The summed E-state index contributed by atoms with van der Waals surface area (Å²) < 4.78 is 29.7. The number of halogens is 1. The molecule has 110 valence electrons. The summed E-state index contributed by atoms with van der Waals surface area (Å²) in [6.07, 6.45) is 0. The largest absolute Gasteiger partial charge is 0.372 e. The van der Waals surface area contributed by atoms with Crippen molar-refractivity contribution in [1.29, 1.82) is 0 Å². The molecule has 0 saturated carbocycles. The second-order valence-electron chi connectivity index (χ2n) is 4.22.